The van der Waals surface area contributed by atoms with Gasteiger partial charge in [-0.2, -0.15) is 8.78 Å². The van der Waals surface area contributed by atoms with Crippen molar-refractivity contribution in [3.63, 3.8) is 0 Å². The maximum atomic E-state index is 12.9. The van der Waals surface area contributed by atoms with Crippen LogP contribution in [0.4, 0.5) is 13.6 Å². The van der Waals surface area contributed by atoms with Gasteiger partial charge in [-0.1, -0.05) is 0 Å². The van der Waals surface area contributed by atoms with E-state index in [1.165, 1.54) is 37.5 Å². The van der Waals surface area contributed by atoms with Crippen LogP contribution in [0.25, 0.3) is 11.5 Å². The van der Waals surface area contributed by atoms with Crippen LogP contribution >= 0.6 is 0 Å². The Labute approximate surface area is 204 Å². The van der Waals surface area contributed by atoms with Gasteiger partial charge in [-0.15, -0.1) is 0 Å². The van der Waals surface area contributed by atoms with Crippen LogP contribution in [0.2, 0.25) is 0 Å². The lowest BCUT2D eigenvalue weighted by molar-refractivity contribution is -0.0515. The summed E-state index contributed by atoms with van der Waals surface area (Å²) >= 11 is 0. The Hall–Kier alpha value is -4.29. The largest absolute Gasteiger partial charge is 0.489 e. The first-order valence-electron chi connectivity index (χ1n) is 11.0. The van der Waals surface area contributed by atoms with Gasteiger partial charge in [0.05, 0.1) is 13.2 Å². The van der Waals surface area contributed by atoms with Crippen LogP contribution in [0.5, 0.6) is 11.5 Å². The van der Waals surface area contributed by atoms with Gasteiger partial charge < -0.3 is 29.7 Å². The van der Waals surface area contributed by atoms with E-state index in [4.69, 9.17) is 19.6 Å². The lowest BCUT2D eigenvalue weighted by Gasteiger charge is -2.13. The second-order valence-corrected chi connectivity index (χ2v) is 7.95. The first-order chi connectivity index (χ1) is 17.3. The van der Waals surface area contributed by atoms with Crippen LogP contribution in [0, 0.1) is 5.92 Å². The van der Waals surface area contributed by atoms with Crippen molar-refractivity contribution in [3.05, 3.63) is 53.9 Å². The second-order valence-electron chi connectivity index (χ2n) is 7.95. The van der Waals surface area contributed by atoms with Gasteiger partial charge in [-0.25, -0.2) is 19.7 Å². The van der Waals surface area contributed by atoms with Gasteiger partial charge in [0.2, 0.25) is 5.89 Å². The zero-order chi connectivity index (χ0) is 25.7. The average Bonchev–Trinajstić information content (AvgIpc) is 3.57. The number of amides is 2. The molecule has 2 aromatic heterocycles. The average molecular weight is 503 g/mol. The van der Waals surface area contributed by atoms with E-state index in [9.17, 15) is 18.4 Å². The van der Waals surface area contributed by atoms with Gasteiger partial charge in [0, 0.05) is 18.0 Å². The maximum absolute atomic E-state index is 12.9. The number of carbonyl (C=O) groups excluding carboxylic acids is 2. The summed E-state index contributed by atoms with van der Waals surface area (Å²) in [5.41, 5.74) is 5.27. The molecule has 0 saturated heterocycles. The normalized spacial score (nSPS) is 13.8. The quantitative estimate of drug-likeness (QED) is 0.400. The molecule has 3 aromatic rings. The Morgan fingerprint density at radius 1 is 1.22 bits per heavy atom. The van der Waals surface area contributed by atoms with Crippen molar-refractivity contribution in [3.8, 4) is 23.0 Å². The molecular formula is C23H23F2N5O6. The summed E-state index contributed by atoms with van der Waals surface area (Å²) in [7, 11) is 0. The number of halogens is 2. The van der Waals surface area contributed by atoms with E-state index >= 15 is 0 Å². The summed E-state index contributed by atoms with van der Waals surface area (Å²) in [6.45, 7) is -1.23. The van der Waals surface area contributed by atoms with E-state index in [1.807, 2.05) is 0 Å². The lowest BCUT2D eigenvalue weighted by Crippen LogP contribution is -2.26. The van der Waals surface area contributed by atoms with Gasteiger partial charge >= 0.3 is 12.7 Å². The number of nitrogens with zero attached hydrogens (tertiary/aromatic N) is 3. The molecule has 2 amide bonds. The number of hydrogen-bond acceptors (Lipinski definition) is 9. The highest BCUT2D eigenvalue weighted by Crippen LogP contribution is 2.37. The van der Waals surface area contributed by atoms with Crippen LogP contribution in [0.15, 0.2) is 41.1 Å². The number of nitrogens with two attached hydrogens (primary N) is 1. The first kappa shape index (κ1) is 24.8. The highest BCUT2D eigenvalue weighted by Gasteiger charge is 2.28. The van der Waals surface area contributed by atoms with Crippen molar-refractivity contribution in [2.24, 2.45) is 11.7 Å². The standard InChI is InChI=1S/C23H23F2N5O6/c1-12(34-23(26)32)19-18(20(31)29-10-17-27-7-2-8-28-17)30-21(36-19)14-5-6-15(35-22(24)25)16(9-14)33-11-13-3-4-13/h2,5-9,12-13,22H,3-4,10-11H2,1H3,(H2,26,32)(H,29,31). The van der Waals surface area contributed by atoms with E-state index in [0.717, 1.165) is 12.8 Å². The summed E-state index contributed by atoms with van der Waals surface area (Å²) < 4.78 is 46.7. The highest BCUT2D eigenvalue weighted by atomic mass is 19.3. The number of oxazole rings is 1. The number of hydrogen-bond donors (Lipinski definition) is 2. The highest BCUT2D eigenvalue weighted by molar-refractivity contribution is 5.94. The van der Waals surface area contributed by atoms with E-state index in [2.05, 4.69) is 25.0 Å². The SMILES string of the molecule is CC(OC(N)=O)c1oc(-c2ccc(OC(F)F)c(OCC3CC3)c2)nc1C(=O)NCc1ncccn1. The molecule has 0 aliphatic heterocycles. The number of carbonyl (C=O) groups is 2. The van der Waals surface area contributed by atoms with Crippen molar-refractivity contribution in [2.45, 2.75) is 39.0 Å². The zero-order valence-corrected chi connectivity index (χ0v) is 19.1. The molecule has 1 unspecified atom stereocenters. The third-order valence-corrected chi connectivity index (χ3v) is 5.14. The second kappa shape index (κ2) is 11.0. The van der Waals surface area contributed by atoms with Crippen LogP contribution < -0.4 is 20.5 Å². The number of ether oxygens (including phenoxy) is 3. The minimum Gasteiger partial charge on any atom is -0.489 e. The number of benzene rings is 1. The summed E-state index contributed by atoms with van der Waals surface area (Å²) in [6, 6.07) is 5.78. The third kappa shape index (κ3) is 6.43. The number of aromatic nitrogens is 3. The zero-order valence-electron chi connectivity index (χ0n) is 19.1. The van der Waals surface area contributed by atoms with Gasteiger partial charge in [-0.3, -0.25) is 4.79 Å². The van der Waals surface area contributed by atoms with Crippen LogP contribution in [-0.2, 0) is 11.3 Å². The number of alkyl halides is 2. The Morgan fingerprint density at radius 3 is 2.64 bits per heavy atom. The van der Waals surface area contributed by atoms with Crippen molar-refractivity contribution in [1.82, 2.24) is 20.3 Å². The lowest BCUT2D eigenvalue weighted by atomic mass is 10.2. The summed E-state index contributed by atoms with van der Waals surface area (Å²) in [5, 5.41) is 2.62. The fraction of sp³-hybridized carbons (Fsp3) is 0.348. The van der Waals surface area contributed by atoms with Crippen molar-refractivity contribution < 1.29 is 37.0 Å². The third-order valence-electron chi connectivity index (χ3n) is 5.14. The van der Waals surface area contributed by atoms with Crippen molar-refractivity contribution in [2.75, 3.05) is 6.61 Å². The maximum Gasteiger partial charge on any atom is 0.405 e. The summed E-state index contributed by atoms with van der Waals surface area (Å²) in [4.78, 5) is 36.5. The molecule has 1 atom stereocenters. The minimum absolute atomic E-state index is 0.00514. The Kier molecular flexibility index (Phi) is 7.56. The van der Waals surface area contributed by atoms with Gasteiger partial charge in [-0.05, 0) is 49.9 Å². The molecule has 0 radical (unpaired) electrons. The van der Waals surface area contributed by atoms with Gasteiger partial charge in [0.1, 0.15) is 5.82 Å². The molecule has 1 aliphatic carbocycles. The van der Waals surface area contributed by atoms with Gasteiger partial charge in [0.25, 0.3) is 5.91 Å². The molecule has 2 heterocycles. The fourth-order valence-corrected chi connectivity index (χ4v) is 3.23. The van der Waals surface area contributed by atoms with E-state index in [-0.39, 0.29) is 35.4 Å². The molecule has 4 rings (SSSR count). The molecule has 3 N–H and O–H groups in total. The Bertz CT molecular complexity index is 1220. The molecule has 190 valence electrons. The first-order valence-corrected chi connectivity index (χ1v) is 11.0. The van der Waals surface area contributed by atoms with Gasteiger partial charge in [0.15, 0.2) is 29.1 Å². The molecule has 36 heavy (non-hydrogen) atoms. The molecule has 1 saturated carbocycles. The molecule has 1 aliphatic rings. The fourth-order valence-electron chi connectivity index (χ4n) is 3.23. The monoisotopic (exact) mass is 503 g/mol. The predicted molar refractivity (Wildman–Crippen MR) is 119 cm³/mol. The molecule has 1 aromatic carbocycles. The Balaban J connectivity index is 1.63. The van der Waals surface area contributed by atoms with Crippen molar-refractivity contribution in [1.29, 1.82) is 0 Å². The number of nitrogens with one attached hydrogen (secondary N) is 1. The number of rotatable bonds is 11. The molecular weight excluding hydrogens is 480 g/mol. The minimum atomic E-state index is -3.04. The smallest absolute Gasteiger partial charge is 0.405 e. The van der Waals surface area contributed by atoms with E-state index in [1.54, 1.807) is 6.07 Å². The molecule has 1 fully saturated rings. The molecule has 0 bridgehead atoms. The number of primary amides is 1. The summed E-state index contributed by atoms with van der Waals surface area (Å²) in [6.07, 6.45) is 2.93. The van der Waals surface area contributed by atoms with E-state index in [0.29, 0.717) is 23.9 Å². The molecule has 0 spiro atoms. The van der Waals surface area contributed by atoms with E-state index < -0.39 is 24.7 Å². The van der Waals surface area contributed by atoms with Crippen molar-refractivity contribution >= 4 is 12.0 Å². The summed E-state index contributed by atoms with van der Waals surface area (Å²) in [5.74, 6) is -0.0907. The van der Waals surface area contributed by atoms with Crippen LogP contribution in [0.1, 0.15) is 47.9 Å². The van der Waals surface area contributed by atoms with Crippen LogP contribution in [-0.4, -0.2) is 40.2 Å². The van der Waals surface area contributed by atoms with Crippen LogP contribution in [0.3, 0.4) is 0 Å². The molecule has 13 heteroatoms. The predicted octanol–water partition coefficient (Wildman–Crippen LogP) is 3.61. The molecule has 11 nitrogen and oxygen atoms in total. The topological polar surface area (TPSA) is 152 Å². The Morgan fingerprint density at radius 2 is 1.97 bits per heavy atom.